The topological polar surface area (TPSA) is 76.7 Å². The van der Waals surface area contributed by atoms with Crippen molar-refractivity contribution in [2.45, 2.75) is 0 Å². The summed E-state index contributed by atoms with van der Waals surface area (Å²) in [5, 5.41) is 5.17. The molecule has 2 amide bonds. The second-order valence-corrected chi connectivity index (χ2v) is 3.22. The van der Waals surface area contributed by atoms with Gasteiger partial charge in [0.05, 0.1) is 26.4 Å². The zero-order valence-corrected chi connectivity index (χ0v) is 10.4. The number of hydrogen-bond donors (Lipinski definition) is 2. The fraction of sp³-hybridized carbons (Fsp3) is 0.500. The number of nitrogens with one attached hydrogen (secondary N) is 2. The highest BCUT2D eigenvalue weighted by molar-refractivity contribution is 5.87. The lowest BCUT2D eigenvalue weighted by Crippen LogP contribution is -2.26. The van der Waals surface area contributed by atoms with Crippen molar-refractivity contribution in [3.63, 3.8) is 0 Å². The standard InChI is InChI=1S/C12H20N2O4/c1-3-11(15)13-5-7-17-9-10-18-8-6-14-12(16)4-2/h3-4H,1-2,5-10H2,(H,13,15)(H,14,16). The monoisotopic (exact) mass is 256 g/mol. The number of ether oxygens (including phenoxy) is 2. The maximum absolute atomic E-state index is 10.7. The molecule has 102 valence electrons. The lowest BCUT2D eigenvalue weighted by molar-refractivity contribution is -0.117. The number of amides is 2. The summed E-state index contributed by atoms with van der Waals surface area (Å²) in [6.45, 7) is 9.28. The average molecular weight is 256 g/mol. The van der Waals surface area contributed by atoms with Gasteiger partial charge in [0.25, 0.3) is 0 Å². The quantitative estimate of drug-likeness (QED) is 0.390. The van der Waals surface area contributed by atoms with Crippen LogP contribution >= 0.6 is 0 Å². The molecular weight excluding hydrogens is 236 g/mol. The van der Waals surface area contributed by atoms with E-state index in [0.717, 1.165) is 0 Å². The van der Waals surface area contributed by atoms with Crippen LogP contribution in [-0.2, 0) is 19.1 Å². The van der Waals surface area contributed by atoms with Crippen molar-refractivity contribution in [1.29, 1.82) is 0 Å². The zero-order chi connectivity index (χ0) is 13.6. The van der Waals surface area contributed by atoms with Gasteiger partial charge in [-0.1, -0.05) is 13.2 Å². The van der Waals surface area contributed by atoms with E-state index in [0.29, 0.717) is 39.5 Å². The molecule has 0 heterocycles. The van der Waals surface area contributed by atoms with Gasteiger partial charge in [0, 0.05) is 13.1 Å². The smallest absolute Gasteiger partial charge is 0.243 e. The van der Waals surface area contributed by atoms with Crippen LogP contribution < -0.4 is 10.6 Å². The van der Waals surface area contributed by atoms with Crippen molar-refractivity contribution in [3.05, 3.63) is 25.3 Å². The van der Waals surface area contributed by atoms with E-state index < -0.39 is 0 Å². The van der Waals surface area contributed by atoms with E-state index >= 15 is 0 Å². The molecule has 0 aliphatic rings. The SMILES string of the molecule is C=CC(=O)NCCOCCOCCNC(=O)C=C. The van der Waals surface area contributed by atoms with Crippen molar-refractivity contribution in [3.8, 4) is 0 Å². The maximum atomic E-state index is 10.7. The van der Waals surface area contributed by atoms with Crippen molar-refractivity contribution in [2.75, 3.05) is 39.5 Å². The number of hydrogen-bond acceptors (Lipinski definition) is 4. The van der Waals surface area contributed by atoms with Gasteiger partial charge in [-0.3, -0.25) is 9.59 Å². The van der Waals surface area contributed by atoms with Crippen LogP contribution in [0, 0.1) is 0 Å². The van der Waals surface area contributed by atoms with E-state index in [1.165, 1.54) is 12.2 Å². The van der Waals surface area contributed by atoms with E-state index in [4.69, 9.17) is 9.47 Å². The van der Waals surface area contributed by atoms with Gasteiger partial charge in [-0.2, -0.15) is 0 Å². The van der Waals surface area contributed by atoms with Crippen LogP contribution in [0.25, 0.3) is 0 Å². The molecular formula is C12H20N2O4. The van der Waals surface area contributed by atoms with Crippen LogP contribution in [0.2, 0.25) is 0 Å². The van der Waals surface area contributed by atoms with E-state index in [1.807, 2.05) is 0 Å². The summed E-state index contributed by atoms with van der Waals surface area (Å²) in [5.74, 6) is -0.430. The molecule has 0 aromatic heterocycles. The second kappa shape index (κ2) is 11.8. The normalized spacial score (nSPS) is 9.56. The molecule has 6 heteroatoms. The van der Waals surface area contributed by atoms with Gasteiger partial charge in [0.1, 0.15) is 0 Å². The van der Waals surface area contributed by atoms with E-state index in [9.17, 15) is 9.59 Å². The second-order valence-electron chi connectivity index (χ2n) is 3.22. The molecule has 0 aromatic rings. The maximum Gasteiger partial charge on any atom is 0.243 e. The molecule has 0 rings (SSSR count). The lowest BCUT2D eigenvalue weighted by atomic mass is 10.5. The molecule has 0 atom stereocenters. The fourth-order valence-corrected chi connectivity index (χ4v) is 0.959. The predicted octanol–water partition coefficient (Wildman–Crippen LogP) is -0.376. The largest absolute Gasteiger partial charge is 0.377 e. The minimum absolute atomic E-state index is 0.215. The van der Waals surface area contributed by atoms with Gasteiger partial charge in [0.2, 0.25) is 11.8 Å². The Morgan fingerprint density at radius 3 is 1.56 bits per heavy atom. The molecule has 0 aliphatic heterocycles. The van der Waals surface area contributed by atoms with Crippen LogP contribution in [0.4, 0.5) is 0 Å². The van der Waals surface area contributed by atoms with Crippen LogP contribution in [0.3, 0.4) is 0 Å². The van der Waals surface area contributed by atoms with E-state index in [-0.39, 0.29) is 11.8 Å². The van der Waals surface area contributed by atoms with Crippen molar-refractivity contribution in [1.82, 2.24) is 10.6 Å². The Balaban J connectivity index is 3.12. The third-order valence-corrected chi connectivity index (χ3v) is 1.83. The molecule has 0 saturated carbocycles. The highest BCUT2D eigenvalue weighted by Gasteiger charge is 1.94. The van der Waals surface area contributed by atoms with E-state index in [2.05, 4.69) is 23.8 Å². The lowest BCUT2D eigenvalue weighted by Gasteiger charge is -2.06. The molecule has 2 N–H and O–H groups in total. The van der Waals surface area contributed by atoms with Gasteiger partial charge in [-0.15, -0.1) is 0 Å². The summed E-state index contributed by atoms with van der Waals surface area (Å²) in [6, 6.07) is 0. The predicted molar refractivity (Wildman–Crippen MR) is 68.1 cm³/mol. The summed E-state index contributed by atoms with van der Waals surface area (Å²) in [7, 11) is 0. The Hall–Kier alpha value is -1.66. The van der Waals surface area contributed by atoms with Gasteiger partial charge < -0.3 is 20.1 Å². The molecule has 0 aliphatic carbocycles. The average Bonchev–Trinajstić information content (AvgIpc) is 2.40. The molecule has 0 saturated heterocycles. The first-order chi connectivity index (χ1) is 8.70. The highest BCUT2D eigenvalue weighted by Crippen LogP contribution is 1.78. The summed E-state index contributed by atoms with van der Waals surface area (Å²) in [6.07, 6.45) is 2.42. The molecule has 0 spiro atoms. The van der Waals surface area contributed by atoms with Crippen LogP contribution in [0.1, 0.15) is 0 Å². The number of carbonyl (C=O) groups is 2. The van der Waals surface area contributed by atoms with Crippen molar-refractivity contribution in [2.24, 2.45) is 0 Å². The first-order valence-corrected chi connectivity index (χ1v) is 5.66. The number of carbonyl (C=O) groups excluding carboxylic acids is 2. The first kappa shape index (κ1) is 16.3. The summed E-state index contributed by atoms with van der Waals surface area (Å²) >= 11 is 0. The number of rotatable bonds is 11. The minimum Gasteiger partial charge on any atom is -0.377 e. The van der Waals surface area contributed by atoms with E-state index in [1.54, 1.807) is 0 Å². The Bertz CT molecular complexity index is 251. The van der Waals surface area contributed by atoms with Gasteiger partial charge in [-0.05, 0) is 12.2 Å². The minimum atomic E-state index is -0.215. The van der Waals surface area contributed by atoms with Crippen LogP contribution in [0.15, 0.2) is 25.3 Å². The molecule has 0 aromatic carbocycles. The highest BCUT2D eigenvalue weighted by atomic mass is 16.5. The molecule has 0 bridgehead atoms. The van der Waals surface area contributed by atoms with Crippen molar-refractivity contribution >= 4 is 11.8 Å². The third-order valence-electron chi connectivity index (χ3n) is 1.83. The molecule has 0 radical (unpaired) electrons. The summed E-state index contributed by atoms with van der Waals surface area (Å²) < 4.78 is 10.4. The Morgan fingerprint density at radius 2 is 1.22 bits per heavy atom. The zero-order valence-electron chi connectivity index (χ0n) is 10.4. The molecule has 0 unspecified atom stereocenters. The van der Waals surface area contributed by atoms with Crippen LogP contribution in [0.5, 0.6) is 0 Å². The van der Waals surface area contributed by atoms with Gasteiger partial charge in [-0.25, -0.2) is 0 Å². The Morgan fingerprint density at radius 1 is 0.833 bits per heavy atom. The fourth-order valence-electron chi connectivity index (χ4n) is 0.959. The molecule has 18 heavy (non-hydrogen) atoms. The van der Waals surface area contributed by atoms with Gasteiger partial charge in [0.15, 0.2) is 0 Å². The van der Waals surface area contributed by atoms with Gasteiger partial charge >= 0.3 is 0 Å². The Kier molecular flexibility index (Phi) is 10.7. The third kappa shape index (κ3) is 10.8. The first-order valence-electron chi connectivity index (χ1n) is 5.66. The van der Waals surface area contributed by atoms with Crippen molar-refractivity contribution < 1.29 is 19.1 Å². The van der Waals surface area contributed by atoms with Crippen LogP contribution in [-0.4, -0.2) is 51.3 Å². The molecule has 6 nitrogen and oxygen atoms in total. The summed E-state index contributed by atoms with van der Waals surface area (Å²) in [5.41, 5.74) is 0. The molecule has 0 fully saturated rings. The Labute approximate surface area is 107 Å². The summed E-state index contributed by atoms with van der Waals surface area (Å²) in [4.78, 5) is 21.5.